The molecule has 0 saturated heterocycles. The van der Waals surface area contributed by atoms with Crippen molar-refractivity contribution in [3.63, 3.8) is 0 Å². The van der Waals surface area contributed by atoms with Gasteiger partial charge in [0.1, 0.15) is 0 Å². The van der Waals surface area contributed by atoms with E-state index < -0.39 is 0 Å². The van der Waals surface area contributed by atoms with Crippen molar-refractivity contribution in [1.29, 1.82) is 31.6 Å². The van der Waals surface area contributed by atoms with Gasteiger partial charge in [0.2, 0.25) is 0 Å². The first-order chi connectivity index (χ1) is 6.00. The van der Waals surface area contributed by atoms with Crippen LogP contribution < -0.4 is 0 Å². The van der Waals surface area contributed by atoms with Crippen LogP contribution in [-0.4, -0.2) is 45.5 Å². The average molecular weight is 505 g/mol. The molecule has 0 unspecified atom stereocenters. The third kappa shape index (κ3) is 6620. The van der Waals surface area contributed by atoms with E-state index in [2.05, 4.69) is 39.4 Å². The van der Waals surface area contributed by atoms with Crippen LogP contribution in [0.5, 0.6) is 0 Å². The number of nitrogens with zero attached hydrogens (tertiary/aromatic N) is 6. The Labute approximate surface area is 182 Å². The molecule has 0 fully saturated rings. The Morgan fingerprint density at radius 1 is 0.438 bits per heavy atom. The summed E-state index contributed by atoms with van der Waals surface area (Å²) in [4.78, 5) is 0. The minimum absolute atomic E-state index is 0. The van der Waals surface area contributed by atoms with Gasteiger partial charge in [-0.05, 0) is 0 Å². The summed E-state index contributed by atoms with van der Waals surface area (Å²) in [6.07, 6.45) is 0. The zero-order valence-corrected chi connectivity index (χ0v) is 13.2. The molecular weight excluding hydrogens is 497 g/mol. The van der Waals surface area contributed by atoms with Crippen LogP contribution in [0.2, 0.25) is 0 Å². The second kappa shape index (κ2) is 8150. The quantitative estimate of drug-likeness (QED) is 0.422. The summed E-state index contributed by atoms with van der Waals surface area (Å²) in [5, 5.41) is 39.0. The van der Waals surface area contributed by atoms with Crippen molar-refractivity contribution in [3.05, 3.63) is 0 Å². The fourth-order valence-corrected chi connectivity index (χ4v) is 0. The molecule has 0 aliphatic rings. The predicted molar refractivity (Wildman–Crippen MR) is 48.6 cm³/mol. The molecule has 0 aromatic heterocycles. The second-order valence-electron chi connectivity index (χ2n) is 0. The Kier molecular flexibility index (Phi) is 47000. The van der Waals surface area contributed by atoms with Crippen LogP contribution in [0.1, 0.15) is 0 Å². The van der Waals surface area contributed by atoms with Gasteiger partial charge in [-0.15, -0.1) is 0 Å². The van der Waals surface area contributed by atoms with Gasteiger partial charge in [-0.2, -0.15) is 0 Å². The third-order valence-electron chi connectivity index (χ3n) is 0. The van der Waals surface area contributed by atoms with Crippen molar-refractivity contribution in [3.8, 4) is 39.4 Å². The van der Waals surface area contributed by atoms with Crippen molar-refractivity contribution >= 4 is 45.5 Å². The first-order valence-corrected chi connectivity index (χ1v) is 1.55. The van der Waals surface area contributed by atoms with Gasteiger partial charge in [-0.1, -0.05) is 0 Å². The zero-order chi connectivity index (χ0) is 12.0. The fourth-order valence-electron chi connectivity index (χ4n) is 0. The van der Waals surface area contributed by atoms with Gasteiger partial charge < -0.3 is 0 Å². The van der Waals surface area contributed by atoms with Crippen molar-refractivity contribution in [2.24, 2.45) is 0 Å². The summed E-state index contributed by atoms with van der Waals surface area (Å²) in [6.45, 7) is 21.0. The van der Waals surface area contributed by atoms with Crippen LogP contribution in [0, 0.1) is 107 Å². The van der Waals surface area contributed by atoms with Crippen LogP contribution in [0.25, 0.3) is 0 Å². The molecule has 0 aromatic rings. The summed E-state index contributed by atoms with van der Waals surface area (Å²) in [5.41, 5.74) is 0. The molecule has 0 amide bonds. The minimum atomic E-state index is 0. The first kappa shape index (κ1) is 92.3. The number of nitriles is 6. The van der Waals surface area contributed by atoms with Crippen molar-refractivity contribution in [2.45, 2.75) is 0 Å². The van der Waals surface area contributed by atoms with Crippen LogP contribution in [0.15, 0.2) is 0 Å². The molecule has 0 heterocycles. The van der Waals surface area contributed by atoms with E-state index in [-0.39, 0.29) is 115 Å². The Hall–Kier alpha value is 0.641. The Morgan fingerprint density at radius 2 is 0.438 bits per heavy atom. The molecule has 0 spiro atoms. The van der Waals surface area contributed by atoms with Gasteiger partial charge >= 0.3 is 45.5 Å². The van der Waals surface area contributed by atoms with Gasteiger partial charge in [-0.3, -0.25) is 0 Å². The molecule has 0 atom stereocenters. The van der Waals surface area contributed by atoms with Gasteiger partial charge in [0.05, 0.1) is 0 Å². The first-order valence-electron chi connectivity index (χ1n) is 1.55. The molecule has 16 heavy (non-hydrogen) atoms. The van der Waals surface area contributed by atoms with E-state index in [0.717, 1.165) is 0 Å². The van der Waals surface area contributed by atoms with E-state index in [1.807, 2.05) is 0 Å². The van der Waals surface area contributed by atoms with E-state index in [9.17, 15) is 0 Å². The van der Waals surface area contributed by atoms with E-state index in [1.54, 1.807) is 0 Å². The number of hydrogen-bond donors (Lipinski definition) is 0. The second-order valence-corrected chi connectivity index (χ2v) is 0. The molecule has 2 radical (unpaired) electrons. The number of rotatable bonds is 0. The zero-order valence-electron chi connectivity index (χ0n) is 7.41. The normalized spacial score (nSPS) is 0.750. The molecule has 0 bridgehead atoms. The number of hydrogen-bond acceptors (Lipinski definition) is 6. The van der Waals surface area contributed by atoms with Crippen LogP contribution in [-0.2, 0) is 33.8 Å². The maximum atomic E-state index is 6.50. The molecule has 0 aliphatic heterocycles. The molecule has 6 nitrogen and oxygen atoms in total. The average Bonchev–Trinajstić information content (AvgIpc) is 2.33. The monoisotopic (exact) mass is 506 g/mol. The van der Waals surface area contributed by atoms with Crippen molar-refractivity contribution < 1.29 is 69.4 Å². The standard InChI is InChI=1S/6CHN.Co.Fe.La.Sr.2H/c6*1-2;;;;;;/h6*1H;;;;;;. The summed E-state index contributed by atoms with van der Waals surface area (Å²) < 4.78 is 0. The topological polar surface area (TPSA) is 143 Å². The van der Waals surface area contributed by atoms with E-state index in [4.69, 9.17) is 31.6 Å². The van der Waals surface area contributed by atoms with Crippen LogP contribution in [0.3, 0.4) is 0 Å². The fraction of sp³-hybridized carbons (Fsp3) is 0. The summed E-state index contributed by atoms with van der Waals surface area (Å²) >= 11 is 0. The van der Waals surface area contributed by atoms with Crippen LogP contribution >= 0.6 is 0 Å². The van der Waals surface area contributed by atoms with E-state index >= 15 is 0 Å². The molecular formula is C6H8CoFeLaN6Sr. The summed E-state index contributed by atoms with van der Waals surface area (Å²) in [7, 11) is 0. The molecule has 0 rings (SSSR count). The predicted octanol–water partition coefficient (Wildman–Crippen LogP) is -0.0825. The molecule has 0 aliphatic carbocycles. The Morgan fingerprint density at radius 3 is 0.438 bits per heavy atom. The van der Waals surface area contributed by atoms with Crippen molar-refractivity contribution in [2.75, 3.05) is 0 Å². The van der Waals surface area contributed by atoms with Gasteiger partial charge in [0.25, 0.3) is 0 Å². The van der Waals surface area contributed by atoms with Gasteiger partial charge in [0.15, 0.2) is 0 Å². The van der Waals surface area contributed by atoms with E-state index in [1.165, 1.54) is 0 Å². The van der Waals surface area contributed by atoms with Gasteiger partial charge in [-0.25, -0.2) is 31.6 Å². The van der Waals surface area contributed by atoms with E-state index in [0.29, 0.717) is 0 Å². The Balaban J connectivity index is -0.00000000321. The van der Waals surface area contributed by atoms with Crippen LogP contribution in [0.4, 0.5) is 0 Å². The Bertz CT molecular complexity index is 108. The summed E-state index contributed by atoms with van der Waals surface area (Å²) in [5.74, 6) is 0. The van der Waals surface area contributed by atoms with Crippen molar-refractivity contribution in [1.82, 2.24) is 0 Å². The SMILES string of the molecule is C#N.C#N.C#N.C#N.C#N.C#N.[Co].[Fe].[La].[SrH2]. The van der Waals surface area contributed by atoms with Gasteiger partial charge in [0, 0.05) is 109 Å². The molecule has 0 aromatic carbocycles. The molecule has 0 saturated carbocycles. The molecule has 10 heteroatoms. The maximum absolute atomic E-state index is 6.50. The third-order valence-corrected chi connectivity index (χ3v) is 0. The summed E-state index contributed by atoms with van der Waals surface area (Å²) in [6, 6.07) is 0. The molecule has 84 valence electrons. The molecule has 0 N–H and O–H groups in total.